The molecule has 6 heterocycles. The summed E-state index contributed by atoms with van der Waals surface area (Å²) in [7, 11) is 3.15. The van der Waals surface area contributed by atoms with Crippen LogP contribution in [0, 0.1) is 0 Å². The Hall–Kier alpha value is -7.82. The minimum absolute atomic E-state index is 0. The Morgan fingerprint density at radius 3 is 1.26 bits per heavy atom. The van der Waals surface area contributed by atoms with E-state index in [0.29, 0.717) is 103 Å². The third-order valence-corrected chi connectivity index (χ3v) is 13.2. The van der Waals surface area contributed by atoms with Crippen molar-refractivity contribution in [2.75, 3.05) is 73.2 Å². The van der Waals surface area contributed by atoms with Gasteiger partial charge in [0, 0.05) is 91.5 Å². The molecule has 7 N–H and O–H groups in total. The number of carbonyl (C=O) groups is 6. The van der Waals surface area contributed by atoms with Gasteiger partial charge in [0.1, 0.15) is 22.9 Å². The van der Waals surface area contributed by atoms with Gasteiger partial charge in [0.25, 0.3) is 17.7 Å². The summed E-state index contributed by atoms with van der Waals surface area (Å²) in [6.07, 6.45) is 5.28. The Bertz CT molecular complexity index is 3050. The molecule has 0 spiro atoms. The van der Waals surface area contributed by atoms with Crippen LogP contribution in [0.1, 0.15) is 113 Å². The van der Waals surface area contributed by atoms with Gasteiger partial charge >= 0.3 is 5.97 Å². The van der Waals surface area contributed by atoms with E-state index >= 15 is 0 Å². The molecule has 6 aromatic rings. The molecule has 5 amide bonds. The first kappa shape index (κ1) is 61.0. The molecule has 0 saturated carbocycles. The van der Waals surface area contributed by atoms with E-state index in [-0.39, 0.29) is 80.4 Å². The number of carbonyl (C=O) groups excluding carboxylic acids is 6. The molecular formula is C56H68N10O11V. The number of nitrogens with two attached hydrogens (primary N) is 1. The number of benzene rings is 4. The zero-order valence-electron chi connectivity index (χ0n) is 43.6. The van der Waals surface area contributed by atoms with Gasteiger partial charge in [-0.25, -0.2) is 14.2 Å². The molecule has 4 aromatic carbocycles. The van der Waals surface area contributed by atoms with Crippen molar-refractivity contribution in [2.45, 2.75) is 78.7 Å². The standard InChI is InChI=1S/C27H28N4O5.C25H25N5O4.C3H8O2.CH4.H3N.V/c1-3-36-27(34)24-22-15-17-30(19-9-7-18(8-10-19)29-16-5-4-6-23(29)32)26(33)25(22)31(28-24)20-11-13-21(35-2)14-12-20;1-34-19-11-9-18(10-12-19)30-23-20(22(27-30)24(26)32)13-15-29(25(23)33)17-7-5-16(6-8-17)28-14-3-2-4-21(28)31;1-3(5)2-4;;;/h7-14H,3-6,15-17H2,1-2H3;5-12H,2-4,13-15H2,1H3,(H2,26,32);3-5H,2H2,1H3;1H4;1H3;. The largest absolute Gasteiger partial charge is 0.497 e. The van der Waals surface area contributed by atoms with Crippen LogP contribution in [-0.4, -0.2) is 125 Å². The molecule has 413 valence electrons. The number of aliphatic hydroxyl groups excluding tert-OH is 2. The smallest absolute Gasteiger partial charge is 0.359 e. The van der Waals surface area contributed by atoms with Crippen LogP contribution in [0.15, 0.2) is 97.1 Å². The van der Waals surface area contributed by atoms with Crippen LogP contribution >= 0.6 is 0 Å². The van der Waals surface area contributed by atoms with E-state index in [9.17, 15) is 28.8 Å². The average Bonchev–Trinajstić information content (AvgIpc) is 4.15. The Morgan fingerprint density at radius 2 is 0.923 bits per heavy atom. The zero-order valence-corrected chi connectivity index (χ0v) is 45.0. The Balaban J connectivity index is 0.000000256. The van der Waals surface area contributed by atoms with Crippen molar-refractivity contribution >= 4 is 58.3 Å². The number of aromatic nitrogens is 4. The molecule has 0 aliphatic carbocycles. The van der Waals surface area contributed by atoms with Crippen LogP contribution in [0.4, 0.5) is 22.7 Å². The number of fused-ring (bicyclic) bond motifs is 2. The van der Waals surface area contributed by atoms with Crippen molar-refractivity contribution in [1.82, 2.24) is 25.7 Å². The molecule has 2 aromatic heterocycles. The fourth-order valence-corrected chi connectivity index (χ4v) is 9.38. The second kappa shape index (κ2) is 27.5. The van der Waals surface area contributed by atoms with E-state index in [1.807, 2.05) is 48.5 Å². The number of nitrogens with zero attached hydrogens (tertiary/aromatic N) is 8. The number of piperidine rings is 2. The van der Waals surface area contributed by atoms with Crippen molar-refractivity contribution in [3.63, 3.8) is 0 Å². The predicted molar refractivity (Wildman–Crippen MR) is 291 cm³/mol. The first-order valence-electron chi connectivity index (χ1n) is 25.0. The molecule has 78 heavy (non-hydrogen) atoms. The van der Waals surface area contributed by atoms with Crippen LogP contribution in [0.5, 0.6) is 11.5 Å². The summed E-state index contributed by atoms with van der Waals surface area (Å²) in [4.78, 5) is 83.6. The second-order valence-corrected chi connectivity index (χ2v) is 18.1. The number of rotatable bonds is 12. The summed E-state index contributed by atoms with van der Waals surface area (Å²) in [5.74, 6) is -0.137. The minimum atomic E-state index is -0.666. The van der Waals surface area contributed by atoms with E-state index in [1.54, 1.807) is 89.3 Å². The third kappa shape index (κ3) is 13.1. The van der Waals surface area contributed by atoms with E-state index in [2.05, 4.69) is 10.2 Å². The van der Waals surface area contributed by atoms with Gasteiger partial charge in [-0.1, -0.05) is 7.43 Å². The maximum atomic E-state index is 13.8. The summed E-state index contributed by atoms with van der Waals surface area (Å²) < 4.78 is 18.7. The Morgan fingerprint density at radius 1 is 0.577 bits per heavy atom. The van der Waals surface area contributed by atoms with Crippen molar-refractivity contribution in [3.8, 4) is 22.9 Å². The van der Waals surface area contributed by atoms with Gasteiger partial charge < -0.3 is 55.9 Å². The van der Waals surface area contributed by atoms with E-state index in [1.165, 1.54) is 16.3 Å². The summed E-state index contributed by atoms with van der Waals surface area (Å²) in [5, 5.41) is 24.9. The van der Waals surface area contributed by atoms with Crippen LogP contribution in [-0.2, 0) is 45.7 Å². The van der Waals surface area contributed by atoms with Gasteiger partial charge in [-0.15, -0.1) is 0 Å². The van der Waals surface area contributed by atoms with Crippen molar-refractivity contribution < 1.29 is 71.7 Å². The molecule has 1 radical (unpaired) electrons. The SMILES string of the molecule is C.CC(O)CO.CCOC(=O)c1nn(-c2ccc(OC)cc2)c2c1CCN(c1ccc(N3CCCCC3=O)cc1)C2=O.COc1ccc(-n2nc(C(N)=O)c3c2C(=O)N(c2ccc(N4CCCCC4=O)cc2)CC3)cc1.N.[V]. The average molecular weight is 1110 g/mol. The molecule has 4 aliphatic rings. The van der Waals surface area contributed by atoms with Gasteiger partial charge in [0.15, 0.2) is 11.4 Å². The van der Waals surface area contributed by atoms with E-state index < -0.39 is 18.0 Å². The summed E-state index contributed by atoms with van der Waals surface area (Å²) in [6.45, 7) is 5.55. The summed E-state index contributed by atoms with van der Waals surface area (Å²) in [5.41, 5.74) is 12.0. The van der Waals surface area contributed by atoms with E-state index in [0.717, 1.165) is 42.7 Å². The van der Waals surface area contributed by atoms with Gasteiger partial charge in [-0.05, 0) is 149 Å². The summed E-state index contributed by atoms with van der Waals surface area (Å²) >= 11 is 0. The molecule has 0 bridgehead atoms. The van der Waals surface area contributed by atoms with Gasteiger partial charge in [0.05, 0.1) is 44.9 Å². The molecule has 21 nitrogen and oxygen atoms in total. The van der Waals surface area contributed by atoms with Crippen LogP contribution in [0.25, 0.3) is 11.4 Å². The molecule has 2 saturated heterocycles. The molecule has 1 atom stereocenters. The van der Waals surface area contributed by atoms with Crippen molar-refractivity contribution in [3.05, 3.63) is 131 Å². The van der Waals surface area contributed by atoms with Crippen LogP contribution in [0.3, 0.4) is 0 Å². The van der Waals surface area contributed by atoms with Gasteiger partial charge in [0.2, 0.25) is 11.8 Å². The number of ether oxygens (including phenoxy) is 3. The zero-order chi connectivity index (χ0) is 53.3. The monoisotopic (exact) mass is 1110 g/mol. The number of hydrogen-bond donors (Lipinski definition) is 4. The number of hydrogen-bond acceptors (Lipinski definition) is 14. The number of amides is 5. The maximum Gasteiger partial charge on any atom is 0.359 e. The van der Waals surface area contributed by atoms with Crippen molar-refractivity contribution in [1.29, 1.82) is 0 Å². The fourth-order valence-electron chi connectivity index (χ4n) is 9.38. The maximum absolute atomic E-state index is 13.8. The molecular weight excluding hydrogens is 1040 g/mol. The first-order valence-corrected chi connectivity index (χ1v) is 25.0. The predicted octanol–water partition coefficient (Wildman–Crippen LogP) is 6.63. The molecule has 10 rings (SSSR count). The topological polar surface area (TPSA) is 280 Å². The van der Waals surface area contributed by atoms with Gasteiger partial charge in [-0.3, -0.25) is 24.0 Å². The van der Waals surface area contributed by atoms with Crippen molar-refractivity contribution in [2.24, 2.45) is 5.73 Å². The molecule has 22 heteroatoms. The number of aliphatic hydroxyl groups is 2. The fraction of sp³-hybridized carbons (Fsp3) is 0.357. The second-order valence-electron chi connectivity index (χ2n) is 18.1. The molecule has 2 fully saturated rings. The number of anilines is 4. The normalized spacial score (nSPS) is 15.1. The van der Waals surface area contributed by atoms with Crippen LogP contribution < -0.4 is 41.0 Å². The van der Waals surface area contributed by atoms with Gasteiger partial charge in [-0.2, -0.15) is 10.2 Å². The summed E-state index contributed by atoms with van der Waals surface area (Å²) in [6, 6.07) is 29.1. The number of primary amides is 1. The minimum Gasteiger partial charge on any atom is -0.497 e. The number of esters is 1. The van der Waals surface area contributed by atoms with E-state index in [4.69, 9.17) is 30.2 Å². The molecule has 1 unspecified atom stereocenters. The van der Waals surface area contributed by atoms with Crippen LogP contribution in [0.2, 0.25) is 0 Å². The molecule has 4 aliphatic heterocycles. The number of methoxy groups -OCH3 is 2. The third-order valence-electron chi connectivity index (χ3n) is 13.2. The first-order chi connectivity index (χ1) is 36.3. The Labute approximate surface area is 465 Å². The quantitative estimate of drug-likeness (QED) is 0.0937. The Kier molecular flexibility index (Phi) is 21.5.